The summed E-state index contributed by atoms with van der Waals surface area (Å²) in [4.78, 5) is 26.1. The van der Waals surface area contributed by atoms with Crippen LogP contribution < -0.4 is 0 Å². The molecule has 7 rings (SSSR count). The zero-order chi connectivity index (χ0) is 41.0. The Labute approximate surface area is 329 Å². The average molecular weight is 795 g/mol. The van der Waals surface area contributed by atoms with Gasteiger partial charge in [-0.05, 0) is 104 Å². The van der Waals surface area contributed by atoms with Gasteiger partial charge in [-0.15, -0.1) is 0 Å². The number of rotatable bonds is 7. The Morgan fingerprint density at radius 1 is 0.821 bits per heavy atom. The van der Waals surface area contributed by atoms with E-state index >= 15 is 0 Å². The smallest absolute Gasteiger partial charge is 0.335 e. The summed E-state index contributed by atoms with van der Waals surface area (Å²) < 4.78 is 28.6. The molecule has 0 spiro atoms. The molecule has 0 aromatic rings. The van der Waals surface area contributed by atoms with Gasteiger partial charge in [0.05, 0.1) is 31.8 Å². The molecule has 4 saturated carbocycles. The number of esters is 1. The Bertz CT molecular complexity index is 1550. The molecule has 318 valence electrons. The summed E-state index contributed by atoms with van der Waals surface area (Å²) in [5.41, 5.74) is -0.154. The largest absolute Gasteiger partial charge is 0.479 e. The fourth-order valence-electron chi connectivity index (χ4n) is 13.6. The van der Waals surface area contributed by atoms with Crippen molar-refractivity contribution in [3.63, 3.8) is 0 Å². The summed E-state index contributed by atoms with van der Waals surface area (Å²) in [6.45, 7) is 13.3. The maximum atomic E-state index is 13.6. The Morgan fingerprint density at radius 2 is 1.50 bits per heavy atom. The number of carbonyl (C=O) groups is 2. The molecule has 2 heterocycles. The maximum absolute atomic E-state index is 13.6. The van der Waals surface area contributed by atoms with Gasteiger partial charge in [0.1, 0.15) is 36.6 Å². The topological polar surface area (TPSA) is 222 Å². The van der Waals surface area contributed by atoms with Gasteiger partial charge >= 0.3 is 11.9 Å². The van der Waals surface area contributed by atoms with E-state index in [0.717, 1.165) is 57.8 Å². The summed E-state index contributed by atoms with van der Waals surface area (Å²) >= 11 is 0. The standard InChI is InChI=1S/C42H66O14/c1-37(2)14-16-42(36(51)52-7)17-15-40(5)21(22(42)18-37)8-9-25-38(3)12-11-26(39(4,20-43)24(38)10-13-41(25,40)6)54-35-30(48)28(46)31(32(56-35)33(49)50)55-34-29(47)27(45)23(44)19-53-34/h8,22-32,34-35,43-48H,9-20H2,1-7H3,(H,49,50)/t22-,23+,24+,25+,26-,27-,28+,29+,30+,31-,32-,34-,35+,38-,39-,40+,41+,42-/m0/s1. The summed E-state index contributed by atoms with van der Waals surface area (Å²) in [6, 6.07) is 0. The first-order valence-corrected chi connectivity index (χ1v) is 20.7. The lowest BCUT2D eigenvalue weighted by Crippen LogP contribution is -2.67. The molecule has 7 aliphatic rings. The maximum Gasteiger partial charge on any atom is 0.335 e. The third-order valence-electron chi connectivity index (χ3n) is 17.1. The van der Waals surface area contributed by atoms with E-state index in [0.29, 0.717) is 6.42 Å². The first-order valence-electron chi connectivity index (χ1n) is 20.7. The van der Waals surface area contributed by atoms with Crippen LogP contribution in [-0.4, -0.2) is 129 Å². The van der Waals surface area contributed by atoms with Gasteiger partial charge in [-0.1, -0.05) is 53.2 Å². The van der Waals surface area contributed by atoms with Crippen molar-refractivity contribution in [2.45, 2.75) is 167 Å². The van der Waals surface area contributed by atoms with E-state index in [1.54, 1.807) is 0 Å². The van der Waals surface area contributed by atoms with Gasteiger partial charge in [-0.25, -0.2) is 4.79 Å². The number of ether oxygens (including phenoxy) is 5. The van der Waals surface area contributed by atoms with Gasteiger partial charge in [-0.2, -0.15) is 0 Å². The summed E-state index contributed by atoms with van der Waals surface area (Å²) in [6.07, 6.45) is -5.03. The number of fused-ring (bicyclic) bond motifs is 7. The van der Waals surface area contributed by atoms with E-state index in [9.17, 15) is 45.3 Å². The minimum Gasteiger partial charge on any atom is -0.479 e. The lowest BCUT2D eigenvalue weighted by atomic mass is 9.33. The van der Waals surface area contributed by atoms with Crippen molar-refractivity contribution in [1.82, 2.24) is 0 Å². The fraction of sp³-hybridized carbons (Fsp3) is 0.905. The molecular formula is C42H66O14. The van der Waals surface area contributed by atoms with E-state index in [2.05, 4.69) is 40.7 Å². The quantitative estimate of drug-likeness (QED) is 0.112. The first-order chi connectivity index (χ1) is 26.1. The van der Waals surface area contributed by atoms with Crippen molar-refractivity contribution in [3.8, 4) is 0 Å². The second-order valence-corrected chi connectivity index (χ2v) is 20.3. The van der Waals surface area contributed by atoms with Crippen LogP contribution in [0.1, 0.15) is 106 Å². The van der Waals surface area contributed by atoms with E-state index in [1.807, 2.05) is 6.92 Å². The molecule has 0 bridgehead atoms. The highest BCUT2D eigenvalue weighted by atomic mass is 16.7. The first kappa shape index (κ1) is 42.4. The fourth-order valence-corrected chi connectivity index (χ4v) is 13.6. The molecule has 0 unspecified atom stereocenters. The number of carboxylic acid groups (broad SMARTS) is 1. The van der Waals surface area contributed by atoms with Crippen molar-refractivity contribution in [2.24, 2.45) is 50.2 Å². The molecule has 0 radical (unpaired) electrons. The van der Waals surface area contributed by atoms with Crippen LogP contribution in [0.2, 0.25) is 0 Å². The van der Waals surface area contributed by atoms with Gasteiger partial charge < -0.3 is 59.4 Å². The molecule has 7 N–H and O–H groups in total. The molecule has 56 heavy (non-hydrogen) atoms. The van der Waals surface area contributed by atoms with Gasteiger partial charge in [-0.3, -0.25) is 4.79 Å². The predicted octanol–water partition coefficient (Wildman–Crippen LogP) is 2.67. The van der Waals surface area contributed by atoms with Crippen molar-refractivity contribution in [1.29, 1.82) is 0 Å². The van der Waals surface area contributed by atoms with Crippen LogP contribution in [0.25, 0.3) is 0 Å². The van der Waals surface area contributed by atoms with Crippen molar-refractivity contribution in [3.05, 3.63) is 11.6 Å². The van der Waals surface area contributed by atoms with E-state index < -0.39 is 84.8 Å². The highest BCUT2D eigenvalue weighted by Gasteiger charge is 2.70. The Balaban J connectivity index is 1.12. The molecule has 2 saturated heterocycles. The molecule has 0 aromatic carbocycles. The molecule has 6 fully saturated rings. The number of allylic oxidation sites excluding steroid dienone is 2. The zero-order valence-corrected chi connectivity index (χ0v) is 34.1. The Morgan fingerprint density at radius 3 is 2.16 bits per heavy atom. The molecule has 18 atom stereocenters. The molecular weight excluding hydrogens is 728 g/mol. The minimum atomic E-state index is -1.86. The number of aliphatic hydroxyl groups excluding tert-OH is 6. The average Bonchev–Trinajstić information content (AvgIpc) is 3.15. The molecule has 0 aromatic heterocycles. The van der Waals surface area contributed by atoms with Gasteiger partial charge in [0.2, 0.25) is 0 Å². The predicted molar refractivity (Wildman–Crippen MR) is 198 cm³/mol. The normalized spacial score (nSPS) is 52.7. The van der Waals surface area contributed by atoms with Gasteiger partial charge in [0, 0.05) is 5.41 Å². The van der Waals surface area contributed by atoms with E-state index in [1.165, 1.54) is 12.7 Å². The third kappa shape index (κ3) is 6.17. The minimum absolute atomic E-state index is 0.00506. The van der Waals surface area contributed by atoms with Crippen LogP contribution in [0.15, 0.2) is 11.6 Å². The lowest BCUT2D eigenvalue weighted by Gasteiger charge is -2.71. The number of aliphatic carboxylic acids is 1. The lowest BCUT2D eigenvalue weighted by molar-refractivity contribution is -0.356. The molecule has 2 aliphatic heterocycles. The van der Waals surface area contributed by atoms with Crippen LogP contribution in [0, 0.1) is 50.2 Å². The van der Waals surface area contributed by atoms with Crippen LogP contribution in [-0.2, 0) is 33.3 Å². The molecule has 14 nitrogen and oxygen atoms in total. The second-order valence-electron chi connectivity index (χ2n) is 20.3. The number of hydrogen-bond acceptors (Lipinski definition) is 13. The molecule has 14 heteroatoms. The van der Waals surface area contributed by atoms with Gasteiger partial charge in [0.25, 0.3) is 0 Å². The Kier molecular flexibility index (Phi) is 11.0. The van der Waals surface area contributed by atoms with E-state index in [-0.39, 0.29) is 52.0 Å². The number of hydrogen-bond donors (Lipinski definition) is 7. The highest BCUT2D eigenvalue weighted by molar-refractivity contribution is 5.78. The van der Waals surface area contributed by atoms with Crippen LogP contribution in [0.4, 0.5) is 0 Å². The number of methoxy groups -OCH3 is 1. The van der Waals surface area contributed by atoms with Crippen LogP contribution in [0.5, 0.6) is 0 Å². The molecule has 0 amide bonds. The van der Waals surface area contributed by atoms with Crippen LogP contribution >= 0.6 is 0 Å². The molecule has 5 aliphatic carbocycles. The number of carboxylic acids is 1. The second kappa shape index (κ2) is 14.5. The third-order valence-corrected chi connectivity index (χ3v) is 17.1. The van der Waals surface area contributed by atoms with Crippen molar-refractivity contribution in [2.75, 3.05) is 20.3 Å². The van der Waals surface area contributed by atoms with E-state index in [4.69, 9.17) is 23.7 Å². The Hall–Kier alpha value is -1.72. The monoisotopic (exact) mass is 794 g/mol. The SMILES string of the molecule is COC(=O)[C@]12CCC(C)(C)C[C@H]1C1=CC[C@@H]3[C@@]4(C)CC[C@H](O[C@@H]5O[C@H](C(=O)O)[C@@H](O[C@@H]6OC[C@@H](O)[C@H](O)[C@H]6O)[C@H](O)[C@H]5O)[C@@](C)(CO)[C@@H]4CC[C@@]3(C)[C@]1(C)CC2. The zero-order valence-electron chi connectivity index (χ0n) is 34.1. The summed E-state index contributed by atoms with van der Waals surface area (Å²) in [5, 5.41) is 74.2. The summed E-state index contributed by atoms with van der Waals surface area (Å²) in [5.74, 6) is -1.18. The van der Waals surface area contributed by atoms with Crippen molar-refractivity contribution < 1.29 is 69.0 Å². The van der Waals surface area contributed by atoms with Crippen LogP contribution in [0.3, 0.4) is 0 Å². The highest BCUT2D eigenvalue weighted by Crippen LogP contribution is 2.76. The van der Waals surface area contributed by atoms with Crippen molar-refractivity contribution >= 4 is 11.9 Å². The van der Waals surface area contributed by atoms with Gasteiger partial charge in [0.15, 0.2) is 18.7 Å². The summed E-state index contributed by atoms with van der Waals surface area (Å²) in [7, 11) is 1.52. The number of carbonyl (C=O) groups excluding carboxylic acids is 1. The number of aliphatic hydroxyl groups is 6.